The third-order valence-corrected chi connectivity index (χ3v) is 2.73. The molecular formula is C9H17+. The van der Waals surface area contributed by atoms with Gasteiger partial charge >= 0.3 is 0 Å². The molecule has 0 amide bonds. The van der Waals surface area contributed by atoms with Crippen molar-refractivity contribution in [3.05, 3.63) is 6.92 Å². The third kappa shape index (κ3) is 1.41. The van der Waals surface area contributed by atoms with Crippen molar-refractivity contribution >= 4 is 0 Å². The molecular weight excluding hydrogens is 108 g/mol. The van der Waals surface area contributed by atoms with Gasteiger partial charge in [0.05, 0.1) is 6.92 Å². The van der Waals surface area contributed by atoms with Gasteiger partial charge in [0.25, 0.3) is 0 Å². The lowest BCUT2D eigenvalue weighted by Gasteiger charge is -2.31. The van der Waals surface area contributed by atoms with E-state index in [1.165, 1.54) is 25.7 Å². The van der Waals surface area contributed by atoms with Crippen molar-refractivity contribution < 1.29 is 0 Å². The highest BCUT2D eigenvalue weighted by Gasteiger charge is 2.33. The van der Waals surface area contributed by atoms with Crippen LogP contribution in [-0.2, 0) is 0 Å². The lowest BCUT2D eigenvalue weighted by Crippen LogP contribution is -2.25. The summed E-state index contributed by atoms with van der Waals surface area (Å²) in [6, 6.07) is 0. The Balaban J connectivity index is 2.49. The van der Waals surface area contributed by atoms with E-state index in [1.807, 2.05) is 0 Å². The smallest absolute Gasteiger partial charge is 0.0555 e. The summed E-state index contributed by atoms with van der Waals surface area (Å²) >= 11 is 0. The molecule has 0 heterocycles. The summed E-state index contributed by atoms with van der Waals surface area (Å²) in [4.78, 5) is 0. The molecule has 0 aromatic heterocycles. The van der Waals surface area contributed by atoms with Crippen molar-refractivity contribution in [1.82, 2.24) is 0 Å². The van der Waals surface area contributed by atoms with E-state index in [4.69, 9.17) is 0 Å². The van der Waals surface area contributed by atoms with Crippen LogP contribution in [0.3, 0.4) is 0 Å². The molecule has 0 heteroatoms. The highest BCUT2D eigenvalue weighted by molar-refractivity contribution is 4.83. The minimum atomic E-state index is 0.526. The summed E-state index contributed by atoms with van der Waals surface area (Å²) in [5.41, 5.74) is 0.526. The Morgan fingerprint density at radius 2 is 2.00 bits per heavy atom. The molecule has 1 unspecified atom stereocenters. The van der Waals surface area contributed by atoms with E-state index >= 15 is 0 Å². The van der Waals surface area contributed by atoms with Crippen LogP contribution in [0.15, 0.2) is 0 Å². The summed E-state index contributed by atoms with van der Waals surface area (Å²) in [6.07, 6.45) is 5.53. The predicted octanol–water partition coefficient (Wildman–Crippen LogP) is 3.04. The molecule has 1 fully saturated rings. The molecule has 0 radical (unpaired) electrons. The molecule has 1 aliphatic carbocycles. The molecule has 0 saturated heterocycles. The maximum atomic E-state index is 4.15. The molecule has 0 aliphatic heterocycles. The SMILES string of the molecule is [CH2+]C1CCCCC1(C)C. The van der Waals surface area contributed by atoms with E-state index in [2.05, 4.69) is 20.8 Å². The van der Waals surface area contributed by atoms with Gasteiger partial charge in [-0.2, -0.15) is 0 Å². The van der Waals surface area contributed by atoms with Crippen LogP contribution in [-0.4, -0.2) is 0 Å². The Morgan fingerprint density at radius 1 is 1.33 bits per heavy atom. The van der Waals surface area contributed by atoms with Crippen molar-refractivity contribution in [3.8, 4) is 0 Å². The zero-order valence-electron chi connectivity index (χ0n) is 6.61. The van der Waals surface area contributed by atoms with Crippen LogP contribution in [0.1, 0.15) is 39.5 Å². The molecule has 1 aliphatic rings. The molecule has 0 nitrogen and oxygen atoms in total. The Hall–Kier alpha value is -0.130. The maximum Gasteiger partial charge on any atom is 0.100 e. The third-order valence-electron chi connectivity index (χ3n) is 2.73. The monoisotopic (exact) mass is 125 g/mol. The number of hydrogen-bond donors (Lipinski definition) is 0. The molecule has 0 N–H and O–H groups in total. The molecule has 52 valence electrons. The predicted molar refractivity (Wildman–Crippen MR) is 41.1 cm³/mol. The summed E-state index contributed by atoms with van der Waals surface area (Å²) in [5, 5.41) is 0. The van der Waals surface area contributed by atoms with Gasteiger partial charge in [-0.05, 0) is 19.3 Å². The maximum absolute atomic E-state index is 4.15. The van der Waals surface area contributed by atoms with Gasteiger partial charge in [-0.25, -0.2) is 0 Å². The van der Waals surface area contributed by atoms with Gasteiger partial charge in [0.1, 0.15) is 5.92 Å². The van der Waals surface area contributed by atoms with Crippen molar-refractivity contribution in [2.45, 2.75) is 39.5 Å². The van der Waals surface area contributed by atoms with Gasteiger partial charge < -0.3 is 0 Å². The minimum absolute atomic E-state index is 0.526. The van der Waals surface area contributed by atoms with E-state index in [0.717, 1.165) is 0 Å². The average Bonchev–Trinajstić information content (AvgIpc) is 1.77. The summed E-state index contributed by atoms with van der Waals surface area (Å²) in [5.74, 6) is 0.700. The van der Waals surface area contributed by atoms with Crippen LogP contribution >= 0.6 is 0 Å². The van der Waals surface area contributed by atoms with Crippen molar-refractivity contribution in [2.24, 2.45) is 11.3 Å². The van der Waals surface area contributed by atoms with Gasteiger partial charge in [0.2, 0.25) is 0 Å². The molecule has 0 bridgehead atoms. The second-order valence-corrected chi connectivity index (χ2v) is 3.93. The molecule has 1 saturated carbocycles. The van der Waals surface area contributed by atoms with E-state index in [1.54, 1.807) is 0 Å². The summed E-state index contributed by atoms with van der Waals surface area (Å²) < 4.78 is 0. The van der Waals surface area contributed by atoms with Crippen molar-refractivity contribution in [1.29, 1.82) is 0 Å². The van der Waals surface area contributed by atoms with Crippen LogP contribution in [0.4, 0.5) is 0 Å². The van der Waals surface area contributed by atoms with Gasteiger partial charge in [-0.15, -0.1) is 0 Å². The fourth-order valence-corrected chi connectivity index (χ4v) is 1.57. The number of rotatable bonds is 0. The minimum Gasteiger partial charge on any atom is -0.0555 e. The molecule has 0 spiro atoms. The molecule has 0 aromatic rings. The Labute approximate surface area is 58.7 Å². The van der Waals surface area contributed by atoms with Crippen LogP contribution in [0, 0.1) is 18.3 Å². The first-order chi connectivity index (χ1) is 4.13. The van der Waals surface area contributed by atoms with Crippen molar-refractivity contribution in [3.63, 3.8) is 0 Å². The van der Waals surface area contributed by atoms with E-state index in [-0.39, 0.29) is 0 Å². The summed E-state index contributed by atoms with van der Waals surface area (Å²) in [7, 11) is 0. The zero-order valence-corrected chi connectivity index (χ0v) is 6.61. The first-order valence-corrected chi connectivity index (χ1v) is 3.96. The van der Waals surface area contributed by atoms with Gasteiger partial charge in [-0.3, -0.25) is 0 Å². The lowest BCUT2D eigenvalue weighted by molar-refractivity contribution is 0.175. The van der Waals surface area contributed by atoms with Gasteiger partial charge in [0.15, 0.2) is 0 Å². The zero-order chi connectivity index (χ0) is 6.91. The number of hydrogen-bond acceptors (Lipinski definition) is 0. The largest absolute Gasteiger partial charge is 0.100 e. The fraction of sp³-hybridized carbons (Fsp3) is 0.889. The second-order valence-electron chi connectivity index (χ2n) is 3.93. The Morgan fingerprint density at radius 3 is 2.33 bits per heavy atom. The van der Waals surface area contributed by atoms with Crippen LogP contribution in [0.5, 0.6) is 0 Å². The first kappa shape index (κ1) is 6.98. The molecule has 9 heavy (non-hydrogen) atoms. The topological polar surface area (TPSA) is 0 Å². The normalized spacial score (nSPS) is 34.2. The molecule has 1 atom stereocenters. The van der Waals surface area contributed by atoms with Crippen LogP contribution < -0.4 is 0 Å². The summed E-state index contributed by atoms with van der Waals surface area (Å²) in [6.45, 7) is 8.82. The van der Waals surface area contributed by atoms with E-state index in [0.29, 0.717) is 11.3 Å². The van der Waals surface area contributed by atoms with Gasteiger partial charge in [0, 0.05) is 5.41 Å². The molecule has 0 aromatic carbocycles. The highest BCUT2D eigenvalue weighted by atomic mass is 14.3. The van der Waals surface area contributed by atoms with E-state index < -0.39 is 0 Å². The second kappa shape index (κ2) is 2.24. The lowest BCUT2D eigenvalue weighted by atomic mass is 9.70. The first-order valence-electron chi connectivity index (χ1n) is 3.96. The quantitative estimate of drug-likeness (QED) is 0.436. The van der Waals surface area contributed by atoms with Crippen molar-refractivity contribution in [2.75, 3.05) is 0 Å². The van der Waals surface area contributed by atoms with Crippen LogP contribution in [0.25, 0.3) is 0 Å². The van der Waals surface area contributed by atoms with Gasteiger partial charge in [-0.1, -0.05) is 20.3 Å². The molecule has 1 rings (SSSR count). The highest BCUT2D eigenvalue weighted by Crippen LogP contribution is 2.39. The standard InChI is InChI=1S/C9H17/c1-8-6-4-5-7-9(8,2)3/h8H,1,4-7H2,2-3H3/q+1. The van der Waals surface area contributed by atoms with E-state index in [9.17, 15) is 0 Å². The van der Waals surface area contributed by atoms with Crippen LogP contribution in [0.2, 0.25) is 0 Å². The Kier molecular flexibility index (Phi) is 1.74. The average molecular weight is 125 g/mol. The fourth-order valence-electron chi connectivity index (χ4n) is 1.57. The Bertz CT molecular complexity index is 92.2.